The summed E-state index contributed by atoms with van der Waals surface area (Å²) < 4.78 is 0. The summed E-state index contributed by atoms with van der Waals surface area (Å²) in [6.07, 6.45) is 3.39. The molecular weight excluding hydrogens is 252 g/mol. The Bertz CT molecular complexity index is 654. The minimum Gasteiger partial charge on any atom is -0.481 e. The normalized spacial score (nSPS) is 17.4. The van der Waals surface area contributed by atoms with Crippen LogP contribution in [-0.2, 0) is 16.8 Å². The molecule has 0 aromatic heterocycles. The topological polar surface area (TPSA) is 57.5 Å². The van der Waals surface area contributed by atoms with E-state index in [9.17, 15) is 15.0 Å². The summed E-state index contributed by atoms with van der Waals surface area (Å²) in [5.41, 5.74) is 0.713. The van der Waals surface area contributed by atoms with Gasteiger partial charge in [-0.25, -0.2) is 0 Å². The highest BCUT2D eigenvalue weighted by Gasteiger charge is 2.35. The van der Waals surface area contributed by atoms with Gasteiger partial charge in [0.05, 0.1) is 12.0 Å². The smallest absolute Gasteiger partial charge is 0.307 e. The molecule has 0 amide bonds. The zero-order valence-corrected chi connectivity index (χ0v) is 11.3. The fourth-order valence-electron chi connectivity index (χ4n) is 3.34. The van der Waals surface area contributed by atoms with E-state index in [1.807, 2.05) is 36.4 Å². The molecule has 2 aromatic carbocycles. The Kier molecular flexibility index (Phi) is 3.22. The third-order valence-electron chi connectivity index (χ3n) is 4.30. The van der Waals surface area contributed by atoms with Crippen molar-refractivity contribution in [2.45, 2.75) is 37.7 Å². The molecule has 0 bridgehead atoms. The maximum atomic E-state index is 11.2. The van der Waals surface area contributed by atoms with Gasteiger partial charge >= 0.3 is 5.97 Å². The van der Waals surface area contributed by atoms with Crippen molar-refractivity contribution in [3.63, 3.8) is 0 Å². The molecule has 0 spiro atoms. The molecule has 2 aromatic rings. The van der Waals surface area contributed by atoms with Crippen molar-refractivity contribution < 1.29 is 15.0 Å². The summed E-state index contributed by atoms with van der Waals surface area (Å²) in [6, 6.07) is 11.7. The lowest BCUT2D eigenvalue weighted by Crippen LogP contribution is -2.24. The van der Waals surface area contributed by atoms with Gasteiger partial charge in [-0.2, -0.15) is 0 Å². The minimum atomic E-state index is -0.857. The van der Waals surface area contributed by atoms with Gasteiger partial charge in [0.1, 0.15) is 0 Å². The first-order valence-electron chi connectivity index (χ1n) is 7.05. The lowest BCUT2D eigenvalue weighted by Gasteiger charge is -2.26. The lowest BCUT2D eigenvalue weighted by atomic mass is 9.84. The van der Waals surface area contributed by atoms with Crippen LogP contribution in [0, 0.1) is 0 Å². The van der Waals surface area contributed by atoms with Crippen molar-refractivity contribution in [1.29, 1.82) is 0 Å². The summed E-state index contributed by atoms with van der Waals surface area (Å²) in [4.78, 5) is 11.2. The van der Waals surface area contributed by atoms with Crippen molar-refractivity contribution in [1.82, 2.24) is 0 Å². The molecule has 1 fully saturated rings. The number of rotatable bonds is 3. The van der Waals surface area contributed by atoms with E-state index in [2.05, 4.69) is 0 Å². The number of carboxylic acid groups (broad SMARTS) is 1. The molecule has 0 radical (unpaired) electrons. The summed E-state index contributed by atoms with van der Waals surface area (Å²) in [7, 11) is 0. The summed E-state index contributed by atoms with van der Waals surface area (Å²) in [5.74, 6) is -0.857. The zero-order chi connectivity index (χ0) is 14.2. The van der Waals surface area contributed by atoms with E-state index in [0.717, 1.165) is 47.6 Å². The predicted molar refractivity (Wildman–Crippen MR) is 77.7 cm³/mol. The molecule has 104 valence electrons. The minimum absolute atomic E-state index is 0.0427. The van der Waals surface area contributed by atoms with Crippen LogP contribution in [0.5, 0.6) is 0 Å². The first-order valence-corrected chi connectivity index (χ1v) is 7.05. The van der Waals surface area contributed by atoms with Gasteiger partial charge in [-0.05, 0) is 34.7 Å². The second-order valence-electron chi connectivity index (χ2n) is 5.62. The van der Waals surface area contributed by atoms with Crippen LogP contribution >= 0.6 is 0 Å². The molecule has 1 saturated carbocycles. The van der Waals surface area contributed by atoms with Gasteiger partial charge in [-0.3, -0.25) is 4.79 Å². The highest BCUT2D eigenvalue weighted by atomic mass is 16.4. The third-order valence-corrected chi connectivity index (χ3v) is 4.30. The number of benzene rings is 2. The predicted octanol–water partition coefficient (Wildman–Crippen LogP) is 3.23. The van der Waals surface area contributed by atoms with Gasteiger partial charge in [0, 0.05) is 0 Å². The van der Waals surface area contributed by atoms with Crippen molar-refractivity contribution in [3.05, 3.63) is 47.5 Å². The lowest BCUT2D eigenvalue weighted by molar-refractivity contribution is -0.136. The van der Waals surface area contributed by atoms with Gasteiger partial charge in [-0.1, -0.05) is 49.2 Å². The largest absolute Gasteiger partial charge is 0.481 e. The fourth-order valence-corrected chi connectivity index (χ4v) is 3.34. The number of aliphatic hydroxyl groups is 1. The highest BCUT2D eigenvalue weighted by Crippen LogP contribution is 2.41. The van der Waals surface area contributed by atoms with E-state index < -0.39 is 11.6 Å². The first kappa shape index (κ1) is 13.1. The van der Waals surface area contributed by atoms with E-state index >= 15 is 0 Å². The molecule has 0 unspecified atom stereocenters. The standard InChI is InChI=1S/C17H18O3/c18-16(19)11-14-13-6-2-1-5-12(13)7-8-15(14)17(20)9-3-4-10-17/h1-2,5-8,20H,3-4,9-11H2,(H,18,19). The Balaban J connectivity index is 2.22. The highest BCUT2D eigenvalue weighted by molar-refractivity contribution is 5.90. The fraction of sp³-hybridized carbons (Fsp3) is 0.353. The number of carboxylic acids is 1. The third kappa shape index (κ3) is 2.18. The van der Waals surface area contributed by atoms with Gasteiger partial charge in [-0.15, -0.1) is 0 Å². The number of hydrogen-bond acceptors (Lipinski definition) is 2. The molecule has 0 saturated heterocycles. The molecule has 1 aliphatic rings. The van der Waals surface area contributed by atoms with Gasteiger partial charge < -0.3 is 10.2 Å². The average molecular weight is 270 g/mol. The van der Waals surface area contributed by atoms with E-state index in [4.69, 9.17) is 0 Å². The molecule has 3 rings (SSSR count). The molecule has 2 N–H and O–H groups in total. The molecule has 3 nitrogen and oxygen atoms in total. The van der Waals surface area contributed by atoms with Crippen LogP contribution in [0.2, 0.25) is 0 Å². The number of fused-ring (bicyclic) bond motifs is 1. The maximum Gasteiger partial charge on any atom is 0.307 e. The van der Waals surface area contributed by atoms with Crippen LogP contribution in [-0.4, -0.2) is 16.2 Å². The van der Waals surface area contributed by atoms with E-state index in [-0.39, 0.29) is 6.42 Å². The van der Waals surface area contributed by atoms with Crippen LogP contribution in [0.1, 0.15) is 36.8 Å². The number of aliphatic carboxylic acids is 1. The van der Waals surface area contributed by atoms with Crippen molar-refractivity contribution in [2.24, 2.45) is 0 Å². The van der Waals surface area contributed by atoms with Gasteiger partial charge in [0.25, 0.3) is 0 Å². The van der Waals surface area contributed by atoms with Crippen LogP contribution in [0.25, 0.3) is 10.8 Å². The summed E-state index contributed by atoms with van der Waals surface area (Å²) in [6.45, 7) is 0. The Morgan fingerprint density at radius 1 is 1.10 bits per heavy atom. The molecular formula is C17H18O3. The maximum absolute atomic E-state index is 11.2. The van der Waals surface area contributed by atoms with Crippen LogP contribution in [0.15, 0.2) is 36.4 Å². The van der Waals surface area contributed by atoms with Crippen LogP contribution in [0.4, 0.5) is 0 Å². The Morgan fingerprint density at radius 3 is 2.50 bits per heavy atom. The Labute approximate surface area is 117 Å². The second kappa shape index (κ2) is 4.91. The molecule has 0 heterocycles. The quantitative estimate of drug-likeness (QED) is 0.900. The van der Waals surface area contributed by atoms with Crippen LogP contribution in [0.3, 0.4) is 0 Å². The average Bonchev–Trinajstić information content (AvgIpc) is 2.86. The van der Waals surface area contributed by atoms with Crippen molar-refractivity contribution >= 4 is 16.7 Å². The SMILES string of the molecule is O=C(O)Cc1c(C2(O)CCCC2)ccc2ccccc12. The molecule has 0 aliphatic heterocycles. The van der Waals surface area contributed by atoms with Crippen molar-refractivity contribution in [2.75, 3.05) is 0 Å². The molecule has 0 atom stereocenters. The molecule has 1 aliphatic carbocycles. The summed E-state index contributed by atoms with van der Waals surface area (Å²) in [5, 5.41) is 22.0. The summed E-state index contributed by atoms with van der Waals surface area (Å²) >= 11 is 0. The number of hydrogen-bond donors (Lipinski definition) is 2. The van der Waals surface area contributed by atoms with E-state index in [0.29, 0.717) is 0 Å². The van der Waals surface area contributed by atoms with E-state index in [1.165, 1.54) is 0 Å². The Hall–Kier alpha value is -1.87. The van der Waals surface area contributed by atoms with E-state index in [1.54, 1.807) is 0 Å². The van der Waals surface area contributed by atoms with Gasteiger partial charge in [0.15, 0.2) is 0 Å². The zero-order valence-electron chi connectivity index (χ0n) is 11.3. The first-order chi connectivity index (χ1) is 9.60. The molecule has 3 heteroatoms. The Morgan fingerprint density at radius 2 is 1.80 bits per heavy atom. The second-order valence-corrected chi connectivity index (χ2v) is 5.62. The number of carbonyl (C=O) groups is 1. The van der Waals surface area contributed by atoms with Gasteiger partial charge in [0.2, 0.25) is 0 Å². The molecule has 20 heavy (non-hydrogen) atoms. The van der Waals surface area contributed by atoms with Crippen molar-refractivity contribution in [3.8, 4) is 0 Å². The van der Waals surface area contributed by atoms with Crippen LogP contribution < -0.4 is 0 Å². The monoisotopic (exact) mass is 270 g/mol.